The number of benzene rings is 2. The highest BCUT2D eigenvalue weighted by atomic mass is 16.5. The van der Waals surface area contributed by atoms with Crippen LogP contribution in [0.3, 0.4) is 0 Å². The van der Waals surface area contributed by atoms with Crippen LogP contribution in [0, 0.1) is 6.92 Å². The maximum absolute atomic E-state index is 12.6. The van der Waals surface area contributed by atoms with Crippen LogP contribution in [-0.4, -0.2) is 36.9 Å². The molecule has 0 unspecified atom stereocenters. The number of aryl methyl sites for hydroxylation is 1. The molecule has 162 valence electrons. The molecule has 0 bridgehead atoms. The summed E-state index contributed by atoms with van der Waals surface area (Å²) in [6, 6.07) is 17.4. The normalized spacial score (nSPS) is 11.8. The van der Waals surface area contributed by atoms with Crippen LogP contribution >= 0.6 is 0 Å². The van der Waals surface area contributed by atoms with E-state index >= 15 is 0 Å². The first-order valence-electron chi connectivity index (χ1n) is 9.98. The van der Waals surface area contributed by atoms with E-state index in [1.807, 2.05) is 50.1 Å². The van der Waals surface area contributed by atoms with Gasteiger partial charge in [0.15, 0.2) is 0 Å². The van der Waals surface area contributed by atoms with Crippen molar-refractivity contribution in [2.24, 2.45) is 0 Å². The lowest BCUT2D eigenvalue weighted by molar-refractivity contribution is -0.120. The summed E-state index contributed by atoms with van der Waals surface area (Å²) in [5.74, 6) is 1.84. The van der Waals surface area contributed by atoms with Crippen LogP contribution in [0.1, 0.15) is 28.8 Å². The Morgan fingerprint density at radius 1 is 1.03 bits per heavy atom. The Labute approximate surface area is 182 Å². The van der Waals surface area contributed by atoms with Gasteiger partial charge in [-0.3, -0.25) is 14.5 Å². The first-order chi connectivity index (χ1) is 14.9. The maximum Gasteiger partial charge on any atom is 0.255 e. The molecule has 0 spiro atoms. The summed E-state index contributed by atoms with van der Waals surface area (Å²) in [7, 11) is 3.42. The Balaban J connectivity index is 1.57. The van der Waals surface area contributed by atoms with Gasteiger partial charge in [-0.25, -0.2) is 0 Å². The number of para-hydroxylation sites is 2. The van der Waals surface area contributed by atoms with Gasteiger partial charge in [-0.1, -0.05) is 12.1 Å². The van der Waals surface area contributed by atoms with Crippen molar-refractivity contribution in [2.75, 3.05) is 24.8 Å². The summed E-state index contributed by atoms with van der Waals surface area (Å²) < 4.78 is 10.8. The lowest BCUT2D eigenvalue weighted by Crippen LogP contribution is -2.39. The van der Waals surface area contributed by atoms with Crippen molar-refractivity contribution >= 4 is 23.2 Å². The average Bonchev–Trinajstić information content (AvgIpc) is 3.18. The molecule has 3 aromatic rings. The van der Waals surface area contributed by atoms with Crippen molar-refractivity contribution in [2.45, 2.75) is 26.4 Å². The monoisotopic (exact) mass is 421 g/mol. The standard InChI is InChI=1S/C24H27N3O4/c1-16-9-14-20(31-16)15-27(3)17(2)23(28)25-19-12-10-18(11-13-19)24(29)26-21-7-5-6-8-22(21)30-4/h5-14,17H,15H2,1-4H3,(H,25,28)(H,26,29)/t17-/m0/s1. The fourth-order valence-corrected chi connectivity index (χ4v) is 3.05. The van der Waals surface area contributed by atoms with Gasteiger partial charge >= 0.3 is 0 Å². The molecule has 1 heterocycles. The zero-order valence-electron chi connectivity index (χ0n) is 18.1. The van der Waals surface area contributed by atoms with Crippen LogP contribution in [0.2, 0.25) is 0 Å². The molecule has 0 aliphatic carbocycles. The van der Waals surface area contributed by atoms with Gasteiger partial charge in [-0.05, 0) is 69.4 Å². The first kappa shape index (κ1) is 22.1. The van der Waals surface area contributed by atoms with E-state index in [2.05, 4.69) is 10.6 Å². The molecule has 0 aliphatic heterocycles. The van der Waals surface area contributed by atoms with Crippen LogP contribution in [0.25, 0.3) is 0 Å². The SMILES string of the molecule is COc1ccccc1NC(=O)c1ccc(NC(=O)[C@H](C)N(C)Cc2ccc(C)o2)cc1. The van der Waals surface area contributed by atoms with Gasteiger partial charge in [0, 0.05) is 11.3 Å². The van der Waals surface area contributed by atoms with Crippen molar-refractivity contribution in [3.05, 3.63) is 77.7 Å². The number of methoxy groups -OCH3 is 1. The van der Waals surface area contributed by atoms with E-state index in [0.29, 0.717) is 29.2 Å². The third kappa shape index (κ3) is 5.73. The van der Waals surface area contributed by atoms with Crippen LogP contribution in [0.15, 0.2) is 65.1 Å². The van der Waals surface area contributed by atoms with Gasteiger partial charge in [-0.2, -0.15) is 0 Å². The van der Waals surface area contributed by atoms with Gasteiger partial charge in [0.25, 0.3) is 5.91 Å². The number of hydrogen-bond donors (Lipinski definition) is 2. The Kier molecular flexibility index (Phi) is 7.10. The highest BCUT2D eigenvalue weighted by Crippen LogP contribution is 2.24. The lowest BCUT2D eigenvalue weighted by atomic mass is 10.1. The van der Waals surface area contributed by atoms with Crippen molar-refractivity contribution in [3.8, 4) is 5.75 Å². The topological polar surface area (TPSA) is 83.8 Å². The minimum atomic E-state index is -0.362. The third-order valence-electron chi connectivity index (χ3n) is 5.01. The molecule has 2 aromatic carbocycles. The van der Waals surface area contributed by atoms with Gasteiger partial charge in [0.1, 0.15) is 17.3 Å². The number of likely N-dealkylation sites (N-methyl/N-ethyl adjacent to an activating group) is 1. The van der Waals surface area contributed by atoms with Crippen molar-refractivity contribution in [1.29, 1.82) is 0 Å². The molecule has 2 N–H and O–H groups in total. The lowest BCUT2D eigenvalue weighted by Gasteiger charge is -2.23. The largest absolute Gasteiger partial charge is 0.495 e. The predicted molar refractivity (Wildman–Crippen MR) is 120 cm³/mol. The van der Waals surface area contributed by atoms with Crippen LogP contribution in [0.5, 0.6) is 5.75 Å². The van der Waals surface area contributed by atoms with E-state index in [9.17, 15) is 9.59 Å². The second kappa shape index (κ2) is 9.95. The van der Waals surface area contributed by atoms with Crippen LogP contribution in [0.4, 0.5) is 11.4 Å². The van der Waals surface area contributed by atoms with E-state index in [1.165, 1.54) is 0 Å². The first-order valence-corrected chi connectivity index (χ1v) is 9.98. The van der Waals surface area contributed by atoms with E-state index in [-0.39, 0.29) is 17.9 Å². The molecule has 31 heavy (non-hydrogen) atoms. The Bertz CT molecular complexity index is 1040. The molecular weight excluding hydrogens is 394 g/mol. The molecule has 1 atom stereocenters. The van der Waals surface area contributed by atoms with E-state index in [4.69, 9.17) is 9.15 Å². The Morgan fingerprint density at radius 3 is 2.39 bits per heavy atom. The summed E-state index contributed by atoms with van der Waals surface area (Å²) in [6.07, 6.45) is 0. The number of furan rings is 1. The second-order valence-corrected chi connectivity index (χ2v) is 7.32. The molecule has 0 saturated heterocycles. The minimum absolute atomic E-state index is 0.142. The molecular formula is C24H27N3O4. The second-order valence-electron chi connectivity index (χ2n) is 7.32. The fourth-order valence-electron chi connectivity index (χ4n) is 3.05. The Hall–Kier alpha value is -3.58. The van der Waals surface area contributed by atoms with Crippen LogP contribution < -0.4 is 15.4 Å². The van der Waals surface area contributed by atoms with Gasteiger partial charge in [0.05, 0.1) is 25.4 Å². The number of hydrogen-bond acceptors (Lipinski definition) is 5. The highest BCUT2D eigenvalue weighted by Gasteiger charge is 2.19. The number of carbonyl (C=O) groups excluding carboxylic acids is 2. The summed E-state index contributed by atoms with van der Waals surface area (Å²) >= 11 is 0. The highest BCUT2D eigenvalue weighted by molar-refractivity contribution is 6.05. The molecule has 3 rings (SSSR count). The molecule has 0 fully saturated rings. The van der Waals surface area contributed by atoms with E-state index in [0.717, 1.165) is 11.5 Å². The number of anilines is 2. The Morgan fingerprint density at radius 2 is 1.74 bits per heavy atom. The summed E-state index contributed by atoms with van der Waals surface area (Å²) in [5.41, 5.74) is 1.69. The molecule has 7 nitrogen and oxygen atoms in total. The van der Waals surface area contributed by atoms with Crippen molar-refractivity contribution in [1.82, 2.24) is 4.90 Å². The number of nitrogens with zero attached hydrogens (tertiary/aromatic N) is 1. The average molecular weight is 421 g/mol. The summed E-state index contributed by atoms with van der Waals surface area (Å²) in [4.78, 5) is 27.0. The molecule has 0 saturated carbocycles. The minimum Gasteiger partial charge on any atom is -0.495 e. The zero-order chi connectivity index (χ0) is 22.4. The van der Waals surface area contributed by atoms with E-state index in [1.54, 1.807) is 43.5 Å². The van der Waals surface area contributed by atoms with E-state index < -0.39 is 0 Å². The number of amides is 2. The molecule has 7 heteroatoms. The number of rotatable bonds is 8. The van der Waals surface area contributed by atoms with Gasteiger partial charge in [-0.15, -0.1) is 0 Å². The number of carbonyl (C=O) groups is 2. The molecule has 0 radical (unpaired) electrons. The molecule has 2 amide bonds. The van der Waals surface area contributed by atoms with Crippen LogP contribution in [-0.2, 0) is 11.3 Å². The fraction of sp³-hybridized carbons (Fsp3) is 0.250. The third-order valence-corrected chi connectivity index (χ3v) is 5.01. The van der Waals surface area contributed by atoms with Crippen molar-refractivity contribution < 1.29 is 18.7 Å². The number of nitrogens with one attached hydrogen (secondary N) is 2. The molecule has 1 aromatic heterocycles. The number of ether oxygens (including phenoxy) is 1. The summed E-state index contributed by atoms with van der Waals surface area (Å²) in [5, 5.41) is 5.71. The van der Waals surface area contributed by atoms with Gasteiger partial charge in [0.2, 0.25) is 5.91 Å². The quantitative estimate of drug-likeness (QED) is 0.566. The zero-order valence-corrected chi connectivity index (χ0v) is 18.1. The maximum atomic E-state index is 12.6. The molecule has 0 aliphatic rings. The smallest absolute Gasteiger partial charge is 0.255 e. The predicted octanol–water partition coefficient (Wildman–Crippen LogP) is 4.31. The summed E-state index contributed by atoms with van der Waals surface area (Å²) in [6.45, 7) is 4.25. The van der Waals surface area contributed by atoms with Gasteiger partial charge < -0.3 is 19.8 Å². The van der Waals surface area contributed by atoms with Crippen molar-refractivity contribution in [3.63, 3.8) is 0 Å².